The van der Waals surface area contributed by atoms with Gasteiger partial charge in [0, 0.05) is 7.11 Å². The number of methoxy groups -OCH3 is 1. The summed E-state index contributed by atoms with van der Waals surface area (Å²) in [5.41, 5.74) is 0. The van der Waals surface area contributed by atoms with Crippen molar-refractivity contribution in [2.75, 3.05) is 7.11 Å². The molecule has 3 heteroatoms. The molecular weight excluding hydrogens is 138 g/mol. The molecule has 2 atom stereocenters. The summed E-state index contributed by atoms with van der Waals surface area (Å²) in [7, 11) is 1.28. The van der Waals surface area contributed by atoms with Gasteiger partial charge in [-0.25, -0.2) is 8.78 Å². The average Bonchev–Trinajstić information content (AvgIpc) is 1.88. The number of hydrogen-bond acceptors (Lipinski definition) is 1. The zero-order valence-electron chi connectivity index (χ0n) is 5.55. The number of allylic oxidation sites excluding steroid dienone is 2. The molecule has 0 N–H and O–H groups in total. The lowest BCUT2D eigenvalue weighted by atomic mass is 10.1. The Bertz CT molecular complexity index is 174. The minimum atomic E-state index is -1.35. The molecular formula is C7H8F2O. The number of alkyl halides is 1. The lowest BCUT2D eigenvalue weighted by Gasteiger charge is -2.17. The molecule has 2 unspecified atom stereocenters. The van der Waals surface area contributed by atoms with E-state index in [1.807, 2.05) is 0 Å². The number of rotatable bonds is 1. The van der Waals surface area contributed by atoms with Gasteiger partial charge in [-0.15, -0.1) is 0 Å². The fourth-order valence-electron chi connectivity index (χ4n) is 0.844. The van der Waals surface area contributed by atoms with Crippen LogP contribution in [0.4, 0.5) is 8.78 Å². The molecule has 0 heterocycles. The molecule has 0 bridgehead atoms. The van der Waals surface area contributed by atoms with Crippen LogP contribution in [0, 0.1) is 0 Å². The van der Waals surface area contributed by atoms with Gasteiger partial charge < -0.3 is 4.74 Å². The number of ether oxygens (including phenoxy) is 1. The Morgan fingerprint density at radius 3 is 2.70 bits per heavy atom. The first kappa shape index (κ1) is 7.41. The first-order valence-corrected chi connectivity index (χ1v) is 2.96. The molecule has 0 aromatic rings. The third-order valence-electron chi connectivity index (χ3n) is 1.37. The van der Waals surface area contributed by atoms with Gasteiger partial charge in [0.05, 0.1) is 0 Å². The summed E-state index contributed by atoms with van der Waals surface area (Å²) in [6.07, 6.45) is 1.41. The third kappa shape index (κ3) is 1.24. The van der Waals surface area contributed by atoms with Crippen molar-refractivity contribution >= 4 is 0 Å². The van der Waals surface area contributed by atoms with E-state index in [0.717, 1.165) is 0 Å². The van der Waals surface area contributed by atoms with Crippen LogP contribution >= 0.6 is 0 Å². The summed E-state index contributed by atoms with van der Waals surface area (Å²) >= 11 is 0. The molecule has 10 heavy (non-hydrogen) atoms. The fourth-order valence-corrected chi connectivity index (χ4v) is 0.844. The zero-order valence-corrected chi connectivity index (χ0v) is 5.55. The average molecular weight is 146 g/mol. The second kappa shape index (κ2) is 2.92. The summed E-state index contributed by atoms with van der Waals surface area (Å²) in [5, 5.41) is 0. The van der Waals surface area contributed by atoms with Crippen LogP contribution in [0.3, 0.4) is 0 Å². The topological polar surface area (TPSA) is 9.23 Å². The molecule has 0 spiro atoms. The van der Waals surface area contributed by atoms with Crippen molar-refractivity contribution in [3.8, 4) is 0 Å². The molecule has 1 nitrogen and oxygen atoms in total. The Morgan fingerprint density at radius 2 is 2.30 bits per heavy atom. The quantitative estimate of drug-likeness (QED) is 0.547. The second-order valence-electron chi connectivity index (χ2n) is 2.04. The van der Waals surface area contributed by atoms with Crippen LogP contribution < -0.4 is 0 Å². The highest BCUT2D eigenvalue weighted by Gasteiger charge is 2.24. The largest absolute Gasteiger partial charge is 0.371 e. The Morgan fingerprint density at radius 1 is 1.60 bits per heavy atom. The van der Waals surface area contributed by atoms with E-state index in [0.29, 0.717) is 0 Å². The molecule has 0 amide bonds. The van der Waals surface area contributed by atoms with Crippen LogP contribution in [0.2, 0.25) is 0 Å². The Hall–Kier alpha value is -0.700. The minimum absolute atomic E-state index is 0.558. The van der Waals surface area contributed by atoms with Crippen LogP contribution in [0.15, 0.2) is 24.1 Å². The van der Waals surface area contributed by atoms with Crippen LogP contribution in [0.5, 0.6) is 0 Å². The maximum atomic E-state index is 12.6. The van der Waals surface area contributed by atoms with Crippen LogP contribution in [0.1, 0.15) is 0 Å². The third-order valence-corrected chi connectivity index (χ3v) is 1.37. The van der Waals surface area contributed by atoms with Gasteiger partial charge in [-0.2, -0.15) is 0 Å². The lowest BCUT2D eigenvalue weighted by molar-refractivity contribution is 0.0603. The molecule has 0 aromatic carbocycles. The van der Waals surface area contributed by atoms with Crippen molar-refractivity contribution in [2.45, 2.75) is 12.3 Å². The smallest absolute Gasteiger partial charge is 0.151 e. The standard InChI is InChI=1S/C7H8F2O/c1-10-7-5(8)3-2-4-6(7)9/h2-5,7H,1H3. The van der Waals surface area contributed by atoms with E-state index in [9.17, 15) is 8.78 Å². The Labute approximate surface area is 58.0 Å². The van der Waals surface area contributed by atoms with Crippen molar-refractivity contribution in [3.63, 3.8) is 0 Å². The van der Waals surface area contributed by atoms with Crippen molar-refractivity contribution in [3.05, 3.63) is 24.1 Å². The van der Waals surface area contributed by atoms with Crippen LogP contribution in [-0.4, -0.2) is 19.4 Å². The fraction of sp³-hybridized carbons (Fsp3) is 0.429. The highest BCUT2D eigenvalue weighted by molar-refractivity contribution is 5.21. The molecule has 0 aliphatic heterocycles. The molecule has 0 saturated carbocycles. The maximum Gasteiger partial charge on any atom is 0.151 e. The minimum Gasteiger partial charge on any atom is -0.371 e. The highest BCUT2D eigenvalue weighted by atomic mass is 19.1. The van der Waals surface area contributed by atoms with Crippen molar-refractivity contribution in [1.29, 1.82) is 0 Å². The van der Waals surface area contributed by atoms with Crippen LogP contribution in [-0.2, 0) is 4.74 Å². The van der Waals surface area contributed by atoms with Gasteiger partial charge in [0.25, 0.3) is 0 Å². The van der Waals surface area contributed by atoms with Gasteiger partial charge in [-0.1, -0.05) is 6.08 Å². The van der Waals surface area contributed by atoms with E-state index in [2.05, 4.69) is 4.74 Å². The number of halogens is 2. The SMILES string of the molecule is COC1C(F)=CC=CC1F. The summed E-state index contributed by atoms with van der Waals surface area (Å²) in [5.74, 6) is -0.558. The molecule has 1 aliphatic carbocycles. The van der Waals surface area contributed by atoms with E-state index >= 15 is 0 Å². The molecule has 1 aliphatic rings. The highest BCUT2D eigenvalue weighted by Crippen LogP contribution is 2.19. The van der Waals surface area contributed by atoms with Gasteiger partial charge in [0.2, 0.25) is 0 Å². The Balaban J connectivity index is 2.71. The van der Waals surface area contributed by atoms with Gasteiger partial charge in [0.15, 0.2) is 6.17 Å². The second-order valence-corrected chi connectivity index (χ2v) is 2.04. The Kier molecular flexibility index (Phi) is 2.17. The first-order chi connectivity index (χ1) is 4.75. The van der Waals surface area contributed by atoms with Gasteiger partial charge in [0.1, 0.15) is 11.9 Å². The normalized spacial score (nSPS) is 32.1. The maximum absolute atomic E-state index is 12.6. The molecule has 56 valence electrons. The van der Waals surface area contributed by atoms with Gasteiger partial charge in [-0.3, -0.25) is 0 Å². The summed E-state index contributed by atoms with van der Waals surface area (Å²) in [6.45, 7) is 0. The molecule has 0 radical (unpaired) electrons. The lowest BCUT2D eigenvalue weighted by Crippen LogP contribution is -2.24. The van der Waals surface area contributed by atoms with E-state index in [4.69, 9.17) is 0 Å². The monoisotopic (exact) mass is 146 g/mol. The molecule has 0 fully saturated rings. The van der Waals surface area contributed by atoms with Crippen molar-refractivity contribution < 1.29 is 13.5 Å². The van der Waals surface area contributed by atoms with Crippen LogP contribution in [0.25, 0.3) is 0 Å². The summed E-state index contributed by atoms with van der Waals surface area (Å²) in [4.78, 5) is 0. The molecule has 0 saturated heterocycles. The van der Waals surface area contributed by atoms with E-state index in [-0.39, 0.29) is 0 Å². The van der Waals surface area contributed by atoms with Gasteiger partial charge in [-0.05, 0) is 12.2 Å². The summed E-state index contributed by atoms with van der Waals surface area (Å²) < 4.78 is 29.7. The van der Waals surface area contributed by atoms with Crippen molar-refractivity contribution in [1.82, 2.24) is 0 Å². The van der Waals surface area contributed by atoms with E-state index in [1.165, 1.54) is 25.3 Å². The summed E-state index contributed by atoms with van der Waals surface area (Å²) in [6, 6.07) is 0. The van der Waals surface area contributed by atoms with Crippen molar-refractivity contribution in [2.24, 2.45) is 0 Å². The van der Waals surface area contributed by atoms with E-state index < -0.39 is 18.1 Å². The molecule has 0 aromatic heterocycles. The van der Waals surface area contributed by atoms with Gasteiger partial charge >= 0.3 is 0 Å². The number of hydrogen-bond donors (Lipinski definition) is 0. The predicted molar refractivity (Wildman–Crippen MR) is 34.0 cm³/mol. The predicted octanol–water partition coefficient (Wildman–Crippen LogP) is 1.76. The molecule has 1 rings (SSSR count). The van der Waals surface area contributed by atoms with E-state index in [1.54, 1.807) is 0 Å². The first-order valence-electron chi connectivity index (χ1n) is 2.96. The zero-order chi connectivity index (χ0) is 7.56.